The van der Waals surface area contributed by atoms with Gasteiger partial charge in [0.05, 0.1) is 6.54 Å². The Kier molecular flexibility index (Phi) is 6.83. The summed E-state index contributed by atoms with van der Waals surface area (Å²) in [5, 5.41) is 3.06. The van der Waals surface area contributed by atoms with Gasteiger partial charge in [-0.25, -0.2) is 9.98 Å². The summed E-state index contributed by atoms with van der Waals surface area (Å²) in [5.41, 5.74) is 6.12. The van der Waals surface area contributed by atoms with E-state index in [9.17, 15) is 0 Å². The van der Waals surface area contributed by atoms with Gasteiger partial charge in [-0.3, -0.25) is 0 Å². The number of ether oxygens (including phenoxy) is 3. The Morgan fingerprint density at radius 3 is 2.81 bits per heavy atom. The summed E-state index contributed by atoms with van der Waals surface area (Å²) >= 11 is 1.66. The number of hydrogen-bond acceptors (Lipinski definition) is 7. The highest BCUT2D eigenvalue weighted by molar-refractivity contribution is 14.0. The fourth-order valence-electron chi connectivity index (χ4n) is 2.89. The number of benzene rings is 1. The van der Waals surface area contributed by atoms with Crippen molar-refractivity contribution in [1.29, 1.82) is 0 Å². The Hall–Kier alpha value is -1.95. The first-order valence-electron chi connectivity index (χ1n) is 8.51. The van der Waals surface area contributed by atoms with Crippen molar-refractivity contribution >= 4 is 46.4 Å². The molecule has 10 heteroatoms. The van der Waals surface area contributed by atoms with Gasteiger partial charge in [0.2, 0.25) is 6.79 Å². The van der Waals surface area contributed by atoms with Crippen LogP contribution >= 0.6 is 35.3 Å². The molecule has 1 aromatic heterocycles. The fraction of sp³-hybridized carbons (Fsp3) is 0.412. The number of nitrogens with two attached hydrogens (primary N) is 1. The monoisotopic (exact) mass is 503 g/mol. The fourth-order valence-corrected chi connectivity index (χ4v) is 3.59. The second kappa shape index (κ2) is 9.31. The predicted molar refractivity (Wildman–Crippen MR) is 116 cm³/mol. The molecule has 0 spiro atoms. The van der Waals surface area contributed by atoms with Gasteiger partial charge in [0, 0.05) is 43.8 Å². The van der Waals surface area contributed by atoms with Gasteiger partial charge in [0.25, 0.3) is 0 Å². The lowest BCUT2D eigenvalue weighted by Gasteiger charge is -2.35. The Labute approximate surface area is 178 Å². The predicted octanol–water partition coefficient (Wildman–Crippen LogP) is 2.01. The first kappa shape index (κ1) is 19.8. The number of fused-ring (bicyclic) bond motifs is 1. The zero-order valence-electron chi connectivity index (χ0n) is 14.7. The van der Waals surface area contributed by atoms with E-state index < -0.39 is 0 Å². The maximum Gasteiger partial charge on any atom is 0.231 e. The van der Waals surface area contributed by atoms with E-state index in [1.165, 1.54) is 0 Å². The third-order valence-electron chi connectivity index (χ3n) is 4.27. The molecule has 2 aromatic rings. The number of thiazole rings is 1. The van der Waals surface area contributed by atoms with E-state index in [2.05, 4.69) is 19.8 Å². The van der Waals surface area contributed by atoms with Crippen LogP contribution in [0.25, 0.3) is 0 Å². The maximum absolute atomic E-state index is 6.12. The molecule has 2 aliphatic rings. The van der Waals surface area contributed by atoms with Crippen molar-refractivity contribution in [2.75, 3.05) is 51.0 Å². The Morgan fingerprint density at radius 2 is 2.04 bits per heavy atom. The molecule has 1 saturated heterocycles. The summed E-state index contributed by atoms with van der Waals surface area (Å²) in [6.07, 6.45) is 1.84. The third kappa shape index (κ3) is 4.86. The lowest BCUT2D eigenvalue weighted by Crippen LogP contribution is -2.51. The number of halogens is 1. The average molecular weight is 503 g/mol. The maximum atomic E-state index is 6.12. The second-order valence-electron chi connectivity index (χ2n) is 5.89. The Bertz CT molecular complexity index is 766. The summed E-state index contributed by atoms with van der Waals surface area (Å²) in [7, 11) is 0. The molecule has 27 heavy (non-hydrogen) atoms. The minimum Gasteiger partial charge on any atom is -0.492 e. The Morgan fingerprint density at radius 1 is 1.22 bits per heavy atom. The smallest absolute Gasteiger partial charge is 0.231 e. The number of guanidine groups is 1. The first-order chi connectivity index (χ1) is 12.8. The molecule has 0 amide bonds. The van der Waals surface area contributed by atoms with E-state index in [0.717, 1.165) is 42.8 Å². The standard InChI is InChI=1S/C17H21N5O3S.HI/c18-16(21-5-7-22(8-6-21)17-20-4-10-26-17)19-3-9-23-13-1-2-14-15(11-13)25-12-24-14;/h1-2,4,10-11H,3,5-9,12H2,(H2,18,19);1H. The number of rotatable bonds is 5. The van der Waals surface area contributed by atoms with Crippen LogP contribution in [0.4, 0.5) is 5.13 Å². The van der Waals surface area contributed by atoms with E-state index in [-0.39, 0.29) is 30.8 Å². The van der Waals surface area contributed by atoms with E-state index in [1.54, 1.807) is 11.3 Å². The minimum absolute atomic E-state index is 0. The average Bonchev–Trinajstić information content (AvgIpc) is 3.36. The van der Waals surface area contributed by atoms with Crippen molar-refractivity contribution in [2.45, 2.75) is 0 Å². The lowest BCUT2D eigenvalue weighted by molar-refractivity contribution is 0.173. The number of aromatic nitrogens is 1. The number of anilines is 1. The van der Waals surface area contributed by atoms with Gasteiger partial charge in [0.15, 0.2) is 22.6 Å². The van der Waals surface area contributed by atoms with Gasteiger partial charge in [-0.1, -0.05) is 0 Å². The largest absolute Gasteiger partial charge is 0.492 e. The molecule has 2 aliphatic heterocycles. The van der Waals surface area contributed by atoms with Crippen molar-refractivity contribution in [3.8, 4) is 17.2 Å². The van der Waals surface area contributed by atoms with Crippen LogP contribution in [0, 0.1) is 0 Å². The Balaban J connectivity index is 0.00000210. The van der Waals surface area contributed by atoms with Crippen LogP contribution in [0.1, 0.15) is 0 Å². The van der Waals surface area contributed by atoms with Gasteiger partial charge in [-0.15, -0.1) is 35.3 Å². The number of piperazine rings is 1. The van der Waals surface area contributed by atoms with Crippen LogP contribution in [-0.2, 0) is 0 Å². The molecular weight excluding hydrogens is 481 g/mol. The summed E-state index contributed by atoms with van der Waals surface area (Å²) in [6.45, 7) is 4.71. The quantitative estimate of drug-likeness (QED) is 0.289. The van der Waals surface area contributed by atoms with Gasteiger partial charge >= 0.3 is 0 Å². The van der Waals surface area contributed by atoms with E-state index in [1.807, 2.05) is 29.8 Å². The zero-order valence-corrected chi connectivity index (χ0v) is 17.9. The van der Waals surface area contributed by atoms with Gasteiger partial charge in [0.1, 0.15) is 12.4 Å². The molecule has 3 heterocycles. The van der Waals surface area contributed by atoms with Gasteiger partial charge < -0.3 is 29.7 Å². The zero-order chi connectivity index (χ0) is 17.8. The molecule has 0 radical (unpaired) electrons. The van der Waals surface area contributed by atoms with E-state index >= 15 is 0 Å². The molecule has 4 rings (SSSR count). The van der Waals surface area contributed by atoms with Crippen LogP contribution in [0.3, 0.4) is 0 Å². The normalized spacial score (nSPS) is 16.2. The van der Waals surface area contributed by atoms with Gasteiger partial charge in [-0.2, -0.15) is 0 Å². The molecule has 8 nitrogen and oxygen atoms in total. The highest BCUT2D eigenvalue weighted by Gasteiger charge is 2.19. The van der Waals surface area contributed by atoms with Crippen molar-refractivity contribution in [1.82, 2.24) is 9.88 Å². The van der Waals surface area contributed by atoms with Gasteiger partial charge in [-0.05, 0) is 12.1 Å². The van der Waals surface area contributed by atoms with Crippen LogP contribution in [0.15, 0.2) is 34.8 Å². The first-order valence-corrected chi connectivity index (χ1v) is 9.39. The van der Waals surface area contributed by atoms with E-state index in [0.29, 0.717) is 24.9 Å². The topological polar surface area (TPSA) is 85.4 Å². The molecule has 2 N–H and O–H groups in total. The summed E-state index contributed by atoms with van der Waals surface area (Å²) in [5.74, 6) is 2.76. The number of hydrogen-bond donors (Lipinski definition) is 1. The molecule has 0 saturated carbocycles. The molecule has 0 unspecified atom stereocenters. The van der Waals surface area contributed by atoms with Crippen LogP contribution < -0.4 is 24.8 Å². The second-order valence-corrected chi connectivity index (χ2v) is 6.77. The summed E-state index contributed by atoms with van der Waals surface area (Å²) in [6, 6.07) is 5.53. The molecule has 0 bridgehead atoms. The molecule has 0 aliphatic carbocycles. The van der Waals surface area contributed by atoms with E-state index in [4.69, 9.17) is 19.9 Å². The highest BCUT2D eigenvalue weighted by atomic mass is 127. The van der Waals surface area contributed by atoms with Crippen molar-refractivity contribution in [3.63, 3.8) is 0 Å². The van der Waals surface area contributed by atoms with Crippen molar-refractivity contribution in [3.05, 3.63) is 29.8 Å². The van der Waals surface area contributed by atoms with Crippen molar-refractivity contribution < 1.29 is 14.2 Å². The highest BCUT2D eigenvalue weighted by Crippen LogP contribution is 2.35. The SMILES string of the molecule is I.NC(=NCCOc1ccc2c(c1)OCO2)N1CCN(c2nccs2)CC1. The minimum atomic E-state index is 0. The molecule has 146 valence electrons. The molecular formula is C17H22IN5O3S. The molecule has 1 aromatic carbocycles. The number of nitrogens with zero attached hydrogens (tertiary/aromatic N) is 4. The number of aliphatic imine (C=N–C) groups is 1. The van der Waals surface area contributed by atoms with Crippen LogP contribution in [0.2, 0.25) is 0 Å². The third-order valence-corrected chi connectivity index (χ3v) is 5.10. The van der Waals surface area contributed by atoms with Crippen LogP contribution in [-0.4, -0.2) is 62.0 Å². The summed E-state index contributed by atoms with van der Waals surface area (Å²) in [4.78, 5) is 13.2. The van der Waals surface area contributed by atoms with Crippen LogP contribution in [0.5, 0.6) is 17.2 Å². The van der Waals surface area contributed by atoms with Crippen molar-refractivity contribution in [2.24, 2.45) is 10.7 Å². The molecule has 0 atom stereocenters. The lowest BCUT2D eigenvalue weighted by atomic mass is 10.3. The summed E-state index contributed by atoms with van der Waals surface area (Å²) < 4.78 is 16.3. The molecule has 1 fully saturated rings.